The second-order valence-corrected chi connectivity index (χ2v) is 8.14. The van der Waals surface area contributed by atoms with Crippen LogP contribution in [0.1, 0.15) is 50.0 Å². The van der Waals surface area contributed by atoms with E-state index < -0.39 is 0 Å². The third-order valence-corrected chi connectivity index (χ3v) is 6.22. The van der Waals surface area contributed by atoms with E-state index in [2.05, 4.69) is 42.1 Å². The lowest BCUT2D eigenvalue weighted by molar-refractivity contribution is 0.131. The highest BCUT2D eigenvalue weighted by Gasteiger charge is 2.30. The van der Waals surface area contributed by atoms with Crippen molar-refractivity contribution < 1.29 is 0 Å². The molecule has 1 unspecified atom stereocenters. The molecule has 0 aromatic heterocycles. The molecule has 2 aliphatic rings. The standard InChI is InChI=1S/C20H31ClN2.2ClH/c1-22(2)19-10-12-23(13-11-19)15-20(16-6-3-4-7-16)17-8-5-9-18(21)14-17;;/h5,8-9,14,16,19-20H,3-4,6-7,10-13,15H2,1-2H3;2*1H. The maximum atomic E-state index is 6.27. The Morgan fingerprint density at radius 1 is 1.08 bits per heavy atom. The molecule has 0 N–H and O–H groups in total. The van der Waals surface area contributed by atoms with Crippen molar-refractivity contribution in [1.29, 1.82) is 0 Å². The Hall–Kier alpha value is 0.01000. The monoisotopic (exact) mass is 406 g/mol. The Balaban J connectivity index is 0.00000156. The molecule has 2 fully saturated rings. The molecule has 1 saturated carbocycles. The summed E-state index contributed by atoms with van der Waals surface area (Å²) in [5.74, 6) is 1.51. The van der Waals surface area contributed by atoms with Crippen molar-refractivity contribution in [3.63, 3.8) is 0 Å². The molecule has 3 rings (SSSR count). The van der Waals surface area contributed by atoms with E-state index in [1.807, 2.05) is 6.07 Å². The molecule has 1 heterocycles. The van der Waals surface area contributed by atoms with Crippen LogP contribution in [0.4, 0.5) is 0 Å². The predicted molar refractivity (Wildman–Crippen MR) is 114 cm³/mol. The highest BCUT2D eigenvalue weighted by molar-refractivity contribution is 6.30. The second-order valence-electron chi connectivity index (χ2n) is 7.70. The number of piperidine rings is 1. The van der Waals surface area contributed by atoms with Gasteiger partial charge in [0, 0.05) is 17.6 Å². The molecule has 0 spiro atoms. The minimum atomic E-state index is 0. The first-order valence-electron chi connectivity index (χ1n) is 9.27. The van der Waals surface area contributed by atoms with Crippen LogP contribution in [0.3, 0.4) is 0 Å². The van der Waals surface area contributed by atoms with Gasteiger partial charge in [-0.1, -0.05) is 36.6 Å². The fourth-order valence-electron chi connectivity index (χ4n) is 4.52. The summed E-state index contributed by atoms with van der Waals surface area (Å²) in [6, 6.07) is 9.39. The lowest BCUT2D eigenvalue weighted by Crippen LogP contribution is -2.43. The molecule has 25 heavy (non-hydrogen) atoms. The number of hydrogen-bond donors (Lipinski definition) is 0. The lowest BCUT2D eigenvalue weighted by Gasteiger charge is -2.38. The number of nitrogens with zero attached hydrogens (tertiary/aromatic N) is 2. The van der Waals surface area contributed by atoms with E-state index in [4.69, 9.17) is 11.6 Å². The second kappa shape index (κ2) is 11.0. The van der Waals surface area contributed by atoms with Crippen molar-refractivity contribution in [2.45, 2.75) is 50.5 Å². The van der Waals surface area contributed by atoms with Crippen LogP contribution in [0.15, 0.2) is 24.3 Å². The van der Waals surface area contributed by atoms with E-state index in [1.165, 1.54) is 63.7 Å². The van der Waals surface area contributed by atoms with Crippen LogP contribution in [-0.4, -0.2) is 49.6 Å². The van der Waals surface area contributed by atoms with E-state index in [9.17, 15) is 0 Å². The molecular formula is C20H33Cl3N2. The van der Waals surface area contributed by atoms with Crippen molar-refractivity contribution in [1.82, 2.24) is 9.80 Å². The lowest BCUT2D eigenvalue weighted by atomic mass is 9.84. The number of halogens is 3. The summed E-state index contributed by atoms with van der Waals surface area (Å²) in [5, 5.41) is 0.886. The van der Waals surface area contributed by atoms with Gasteiger partial charge in [-0.3, -0.25) is 0 Å². The molecule has 0 radical (unpaired) electrons. The minimum Gasteiger partial charge on any atom is -0.306 e. The molecule has 144 valence electrons. The number of rotatable bonds is 5. The fourth-order valence-corrected chi connectivity index (χ4v) is 4.72. The first-order valence-corrected chi connectivity index (χ1v) is 9.65. The van der Waals surface area contributed by atoms with Crippen molar-refractivity contribution >= 4 is 36.4 Å². The van der Waals surface area contributed by atoms with E-state index >= 15 is 0 Å². The third kappa shape index (κ3) is 6.29. The van der Waals surface area contributed by atoms with E-state index in [0.717, 1.165) is 17.0 Å². The maximum Gasteiger partial charge on any atom is 0.0408 e. The molecule has 2 nitrogen and oxygen atoms in total. The Kier molecular flexibility index (Phi) is 10.1. The summed E-state index contributed by atoms with van der Waals surface area (Å²) < 4.78 is 0. The molecule has 1 aliphatic carbocycles. The topological polar surface area (TPSA) is 6.48 Å². The summed E-state index contributed by atoms with van der Waals surface area (Å²) in [7, 11) is 4.43. The van der Waals surface area contributed by atoms with Gasteiger partial charge in [-0.15, -0.1) is 24.8 Å². The van der Waals surface area contributed by atoms with E-state index in [0.29, 0.717) is 5.92 Å². The van der Waals surface area contributed by atoms with Crippen LogP contribution < -0.4 is 0 Å². The Morgan fingerprint density at radius 2 is 1.72 bits per heavy atom. The van der Waals surface area contributed by atoms with Crippen LogP contribution in [0.5, 0.6) is 0 Å². The van der Waals surface area contributed by atoms with Gasteiger partial charge in [0.25, 0.3) is 0 Å². The first kappa shape index (κ1) is 23.0. The van der Waals surface area contributed by atoms with Crippen LogP contribution in [0.2, 0.25) is 5.02 Å². The predicted octanol–water partition coefficient (Wildman–Crippen LogP) is 5.48. The van der Waals surface area contributed by atoms with Gasteiger partial charge in [0.2, 0.25) is 0 Å². The number of hydrogen-bond acceptors (Lipinski definition) is 2. The van der Waals surface area contributed by atoms with Gasteiger partial charge in [-0.25, -0.2) is 0 Å². The molecular weight excluding hydrogens is 375 g/mol. The summed E-state index contributed by atoms with van der Waals surface area (Å²) in [6.07, 6.45) is 8.21. The summed E-state index contributed by atoms with van der Waals surface area (Å²) in [5.41, 5.74) is 1.46. The maximum absolute atomic E-state index is 6.27. The SMILES string of the molecule is CN(C)C1CCN(CC(c2cccc(Cl)c2)C2CCCC2)CC1.Cl.Cl. The fraction of sp³-hybridized carbons (Fsp3) is 0.700. The number of likely N-dealkylation sites (tertiary alicyclic amines) is 1. The Labute approximate surface area is 171 Å². The zero-order valence-corrected chi connectivity index (χ0v) is 17.9. The van der Waals surface area contributed by atoms with Crippen LogP contribution >= 0.6 is 36.4 Å². The van der Waals surface area contributed by atoms with Gasteiger partial charge >= 0.3 is 0 Å². The van der Waals surface area contributed by atoms with Crippen LogP contribution in [0, 0.1) is 5.92 Å². The zero-order chi connectivity index (χ0) is 16.2. The smallest absolute Gasteiger partial charge is 0.0408 e. The molecule has 0 bridgehead atoms. The minimum absolute atomic E-state index is 0. The molecule has 1 atom stereocenters. The van der Waals surface area contributed by atoms with Gasteiger partial charge in [-0.2, -0.15) is 0 Å². The number of benzene rings is 1. The third-order valence-electron chi connectivity index (χ3n) is 5.99. The van der Waals surface area contributed by atoms with Gasteiger partial charge in [0.15, 0.2) is 0 Å². The quantitative estimate of drug-likeness (QED) is 0.637. The summed E-state index contributed by atoms with van der Waals surface area (Å²) >= 11 is 6.27. The Morgan fingerprint density at radius 3 is 2.28 bits per heavy atom. The first-order chi connectivity index (χ1) is 11.1. The molecule has 5 heteroatoms. The molecule has 1 aromatic rings. The molecule has 1 aromatic carbocycles. The molecule has 1 aliphatic heterocycles. The van der Waals surface area contributed by atoms with E-state index in [1.54, 1.807) is 0 Å². The van der Waals surface area contributed by atoms with Gasteiger partial charge in [-0.05, 0) is 82.4 Å². The highest BCUT2D eigenvalue weighted by atomic mass is 35.5. The van der Waals surface area contributed by atoms with Crippen LogP contribution in [0.25, 0.3) is 0 Å². The molecule has 0 amide bonds. The van der Waals surface area contributed by atoms with Crippen molar-refractivity contribution in [3.8, 4) is 0 Å². The van der Waals surface area contributed by atoms with Gasteiger partial charge in [0.1, 0.15) is 0 Å². The van der Waals surface area contributed by atoms with E-state index in [-0.39, 0.29) is 24.8 Å². The highest BCUT2D eigenvalue weighted by Crippen LogP contribution is 2.38. The largest absolute Gasteiger partial charge is 0.306 e. The van der Waals surface area contributed by atoms with Crippen LogP contribution in [-0.2, 0) is 0 Å². The average Bonchev–Trinajstić information content (AvgIpc) is 3.07. The van der Waals surface area contributed by atoms with Crippen molar-refractivity contribution in [2.75, 3.05) is 33.7 Å². The molecule has 1 saturated heterocycles. The average molecular weight is 408 g/mol. The summed E-state index contributed by atoms with van der Waals surface area (Å²) in [4.78, 5) is 5.09. The van der Waals surface area contributed by atoms with Crippen molar-refractivity contribution in [2.24, 2.45) is 5.92 Å². The normalized spacial score (nSPS) is 21.0. The Bertz CT molecular complexity index is 495. The van der Waals surface area contributed by atoms with Gasteiger partial charge in [0.05, 0.1) is 0 Å². The van der Waals surface area contributed by atoms with Gasteiger partial charge < -0.3 is 9.80 Å². The summed E-state index contributed by atoms with van der Waals surface area (Å²) in [6.45, 7) is 3.70. The van der Waals surface area contributed by atoms with Crippen molar-refractivity contribution in [3.05, 3.63) is 34.9 Å². The zero-order valence-electron chi connectivity index (χ0n) is 15.5.